The van der Waals surface area contributed by atoms with Crippen molar-refractivity contribution in [2.75, 3.05) is 20.1 Å². The topological polar surface area (TPSA) is 65.5 Å². The summed E-state index contributed by atoms with van der Waals surface area (Å²) in [5.41, 5.74) is 1.14. The van der Waals surface area contributed by atoms with Gasteiger partial charge in [-0.25, -0.2) is 0 Å². The molecule has 0 saturated heterocycles. The van der Waals surface area contributed by atoms with E-state index in [4.69, 9.17) is 0 Å². The summed E-state index contributed by atoms with van der Waals surface area (Å²) in [7, 11) is 1.72. The fourth-order valence-electron chi connectivity index (χ4n) is 2.90. The second-order valence-electron chi connectivity index (χ2n) is 7.43. The zero-order chi connectivity index (χ0) is 18.9. The third-order valence-corrected chi connectivity index (χ3v) is 4.49. The van der Waals surface area contributed by atoms with Crippen LogP contribution in [0.5, 0.6) is 0 Å². The predicted octanol–water partition coefficient (Wildman–Crippen LogP) is 2.82. The van der Waals surface area contributed by atoms with E-state index in [1.165, 1.54) is 5.56 Å². The van der Waals surface area contributed by atoms with Crippen molar-refractivity contribution in [3.05, 3.63) is 35.9 Å². The number of amides is 1. The first-order valence-electron chi connectivity index (χ1n) is 9.07. The lowest BCUT2D eigenvalue weighted by atomic mass is 9.76. The first kappa shape index (κ1) is 21.0. The summed E-state index contributed by atoms with van der Waals surface area (Å²) in [5, 5.41) is 9.41. The number of rotatable bonds is 7. The van der Waals surface area contributed by atoms with Gasteiger partial charge in [0, 0.05) is 24.5 Å². The van der Waals surface area contributed by atoms with Gasteiger partial charge in [0.25, 0.3) is 0 Å². The Labute approximate surface area is 152 Å². The number of carbonyl (C=O) groups excluding carboxylic acids is 1. The number of aliphatic imine (C=N–C) groups is 1. The van der Waals surface area contributed by atoms with Gasteiger partial charge in [0.2, 0.25) is 5.91 Å². The van der Waals surface area contributed by atoms with Crippen molar-refractivity contribution in [3.8, 4) is 0 Å². The van der Waals surface area contributed by atoms with Gasteiger partial charge in [-0.15, -0.1) is 0 Å². The number of guanidine groups is 1. The van der Waals surface area contributed by atoms with Crippen LogP contribution >= 0.6 is 0 Å². The van der Waals surface area contributed by atoms with E-state index in [0.29, 0.717) is 5.96 Å². The van der Waals surface area contributed by atoms with E-state index in [-0.39, 0.29) is 23.4 Å². The second kappa shape index (κ2) is 9.44. The van der Waals surface area contributed by atoms with E-state index in [1.54, 1.807) is 7.05 Å². The second-order valence-corrected chi connectivity index (χ2v) is 7.43. The van der Waals surface area contributed by atoms with Crippen LogP contribution in [0.1, 0.15) is 53.0 Å². The minimum absolute atomic E-state index is 0.0456. The van der Waals surface area contributed by atoms with Gasteiger partial charge < -0.3 is 16.0 Å². The maximum absolute atomic E-state index is 12.0. The highest BCUT2D eigenvalue weighted by Gasteiger charge is 2.28. The van der Waals surface area contributed by atoms with Crippen LogP contribution < -0.4 is 16.0 Å². The molecule has 0 heterocycles. The van der Waals surface area contributed by atoms with E-state index in [0.717, 1.165) is 19.4 Å². The largest absolute Gasteiger partial charge is 0.356 e. The Morgan fingerprint density at radius 2 is 1.64 bits per heavy atom. The van der Waals surface area contributed by atoms with Crippen molar-refractivity contribution in [1.82, 2.24) is 16.0 Å². The minimum Gasteiger partial charge on any atom is -0.356 e. The Hall–Kier alpha value is -2.04. The van der Waals surface area contributed by atoms with Gasteiger partial charge >= 0.3 is 0 Å². The Bertz CT molecular complexity index is 557. The van der Waals surface area contributed by atoms with Crippen molar-refractivity contribution < 1.29 is 4.79 Å². The molecule has 0 aliphatic heterocycles. The molecular weight excluding hydrogens is 312 g/mol. The van der Waals surface area contributed by atoms with E-state index in [2.05, 4.69) is 59.1 Å². The molecule has 5 nitrogen and oxygen atoms in total. The van der Waals surface area contributed by atoms with Crippen LogP contribution in [0.15, 0.2) is 35.3 Å². The normalized spacial score (nSPS) is 12.6. The number of nitrogens with one attached hydrogen (secondary N) is 3. The Morgan fingerprint density at radius 1 is 1.04 bits per heavy atom. The molecule has 0 spiro atoms. The fraction of sp³-hybridized carbons (Fsp3) is 0.600. The van der Waals surface area contributed by atoms with Crippen LogP contribution in [0, 0.1) is 0 Å². The lowest BCUT2D eigenvalue weighted by Gasteiger charge is -2.33. The van der Waals surface area contributed by atoms with Crippen LogP contribution in [-0.2, 0) is 10.2 Å². The van der Waals surface area contributed by atoms with Gasteiger partial charge in [-0.05, 0) is 39.2 Å². The molecule has 0 aromatic heterocycles. The fourth-order valence-corrected chi connectivity index (χ4v) is 2.90. The lowest BCUT2D eigenvalue weighted by Crippen LogP contribution is -2.50. The van der Waals surface area contributed by atoms with Crippen molar-refractivity contribution in [3.63, 3.8) is 0 Å². The molecule has 1 rings (SSSR count). The van der Waals surface area contributed by atoms with E-state index < -0.39 is 0 Å². The van der Waals surface area contributed by atoms with Crippen LogP contribution in [0.2, 0.25) is 0 Å². The molecule has 0 unspecified atom stereocenters. The molecule has 0 fully saturated rings. The van der Waals surface area contributed by atoms with E-state index in [9.17, 15) is 4.79 Å². The third kappa shape index (κ3) is 6.77. The summed E-state index contributed by atoms with van der Waals surface area (Å²) >= 11 is 0. The standard InChI is InChI=1S/C20H34N4O/c1-7-20(8-2,16-12-10-9-11-13-16)15-23-18(21-6)22-14-17(25)24-19(3,4)5/h9-13H,7-8,14-15H2,1-6H3,(H,24,25)(H2,21,22,23). The van der Waals surface area contributed by atoms with Crippen molar-refractivity contribution in [1.29, 1.82) is 0 Å². The molecule has 1 aromatic rings. The zero-order valence-corrected chi connectivity index (χ0v) is 16.6. The summed E-state index contributed by atoms with van der Waals surface area (Å²) in [4.78, 5) is 16.2. The molecule has 0 aliphatic rings. The van der Waals surface area contributed by atoms with Crippen molar-refractivity contribution in [2.24, 2.45) is 4.99 Å². The third-order valence-electron chi connectivity index (χ3n) is 4.49. The molecule has 140 valence electrons. The molecule has 3 N–H and O–H groups in total. The highest BCUT2D eigenvalue weighted by Crippen LogP contribution is 2.30. The molecule has 0 radical (unpaired) electrons. The van der Waals surface area contributed by atoms with Crippen LogP contribution in [0.4, 0.5) is 0 Å². The predicted molar refractivity (Wildman–Crippen MR) is 106 cm³/mol. The lowest BCUT2D eigenvalue weighted by molar-refractivity contribution is -0.121. The van der Waals surface area contributed by atoms with Crippen molar-refractivity contribution >= 4 is 11.9 Å². The number of benzene rings is 1. The maximum atomic E-state index is 12.0. The van der Waals surface area contributed by atoms with Gasteiger partial charge in [-0.1, -0.05) is 44.2 Å². The van der Waals surface area contributed by atoms with Gasteiger partial charge in [-0.2, -0.15) is 0 Å². The van der Waals surface area contributed by atoms with Gasteiger partial charge in [-0.3, -0.25) is 9.79 Å². The molecule has 25 heavy (non-hydrogen) atoms. The molecule has 1 amide bonds. The molecule has 0 atom stereocenters. The first-order valence-corrected chi connectivity index (χ1v) is 9.07. The molecule has 1 aromatic carbocycles. The molecule has 0 aliphatic carbocycles. The molecule has 0 saturated carbocycles. The summed E-state index contributed by atoms with van der Waals surface area (Å²) in [5.74, 6) is 0.599. The monoisotopic (exact) mass is 346 g/mol. The quantitative estimate of drug-likeness (QED) is 0.525. The number of nitrogens with zero attached hydrogens (tertiary/aromatic N) is 1. The minimum atomic E-state index is -0.234. The average Bonchev–Trinajstić information content (AvgIpc) is 2.58. The number of hydrogen-bond acceptors (Lipinski definition) is 2. The SMILES string of the molecule is CCC(CC)(CNC(=NC)NCC(=O)NC(C)(C)C)c1ccccc1. The Morgan fingerprint density at radius 3 is 2.12 bits per heavy atom. The maximum Gasteiger partial charge on any atom is 0.239 e. The smallest absolute Gasteiger partial charge is 0.239 e. The molecular formula is C20H34N4O. The summed E-state index contributed by atoms with van der Waals surface area (Å²) in [6, 6.07) is 10.6. The van der Waals surface area contributed by atoms with Crippen LogP contribution in [0.3, 0.4) is 0 Å². The number of carbonyl (C=O) groups is 1. The van der Waals surface area contributed by atoms with E-state index >= 15 is 0 Å². The first-order chi connectivity index (χ1) is 11.8. The highest BCUT2D eigenvalue weighted by atomic mass is 16.2. The van der Waals surface area contributed by atoms with Crippen LogP contribution in [0.25, 0.3) is 0 Å². The Balaban J connectivity index is 2.67. The van der Waals surface area contributed by atoms with Gasteiger partial charge in [0.05, 0.1) is 6.54 Å². The average molecular weight is 347 g/mol. The molecule has 0 bridgehead atoms. The number of hydrogen-bond donors (Lipinski definition) is 3. The summed E-state index contributed by atoms with van der Waals surface area (Å²) in [6.45, 7) is 11.3. The molecule has 5 heteroatoms. The van der Waals surface area contributed by atoms with E-state index in [1.807, 2.05) is 26.8 Å². The zero-order valence-electron chi connectivity index (χ0n) is 16.6. The van der Waals surface area contributed by atoms with Gasteiger partial charge in [0.1, 0.15) is 0 Å². The van der Waals surface area contributed by atoms with Crippen LogP contribution in [-0.4, -0.2) is 37.5 Å². The summed E-state index contributed by atoms with van der Waals surface area (Å²) < 4.78 is 0. The van der Waals surface area contributed by atoms with Crippen molar-refractivity contribution in [2.45, 2.75) is 58.4 Å². The Kier molecular flexibility index (Phi) is 7.94. The van der Waals surface area contributed by atoms with Gasteiger partial charge in [0.15, 0.2) is 5.96 Å². The summed E-state index contributed by atoms with van der Waals surface area (Å²) in [6.07, 6.45) is 2.06. The highest BCUT2D eigenvalue weighted by molar-refractivity contribution is 5.86.